The van der Waals surface area contributed by atoms with Gasteiger partial charge in [-0.2, -0.15) is 10.5 Å². The Hall–Kier alpha value is -5.26. The predicted octanol–water partition coefficient (Wildman–Crippen LogP) is 11.2. The first-order valence-corrected chi connectivity index (χ1v) is 15.3. The van der Waals surface area contributed by atoms with Gasteiger partial charge >= 0.3 is 0 Å². The summed E-state index contributed by atoms with van der Waals surface area (Å²) in [5.41, 5.74) is 7.21. The molecule has 2 nitrogen and oxygen atoms in total. The molecule has 0 aliphatic rings. The van der Waals surface area contributed by atoms with Crippen molar-refractivity contribution in [2.45, 2.75) is 0 Å². The Labute approximate surface area is 250 Å². The van der Waals surface area contributed by atoms with Crippen LogP contribution in [0.15, 0.2) is 121 Å². The molecule has 0 amide bonds. The van der Waals surface area contributed by atoms with Crippen molar-refractivity contribution in [1.82, 2.24) is 0 Å². The molecule has 0 spiro atoms. The molecule has 0 radical (unpaired) electrons. The number of fused-ring (bicyclic) bond motifs is 6. The smallest absolute Gasteiger partial charge is 0.100 e. The van der Waals surface area contributed by atoms with Crippen molar-refractivity contribution in [3.63, 3.8) is 0 Å². The summed E-state index contributed by atoms with van der Waals surface area (Å²) >= 11 is 3.55. The van der Waals surface area contributed by atoms with E-state index < -0.39 is 0 Å². The molecule has 8 aromatic rings. The van der Waals surface area contributed by atoms with E-state index in [-0.39, 0.29) is 0 Å². The molecule has 0 aliphatic heterocycles. The molecule has 0 aliphatic carbocycles. The lowest BCUT2D eigenvalue weighted by molar-refractivity contribution is 1.47. The lowest BCUT2D eigenvalue weighted by atomic mass is 9.87. The molecule has 0 fully saturated rings. The van der Waals surface area contributed by atoms with Crippen LogP contribution >= 0.6 is 22.7 Å². The van der Waals surface area contributed by atoms with E-state index in [1.807, 2.05) is 24.3 Å². The van der Waals surface area contributed by atoms with Crippen LogP contribution in [0.25, 0.3) is 73.7 Å². The fourth-order valence-electron chi connectivity index (χ4n) is 5.96. The third-order valence-corrected chi connectivity index (χ3v) is 10.3. The Balaban J connectivity index is 1.43. The molecule has 194 valence electrons. The van der Waals surface area contributed by atoms with Crippen LogP contribution in [0.2, 0.25) is 0 Å². The van der Waals surface area contributed by atoms with Crippen molar-refractivity contribution in [3.05, 3.63) is 132 Å². The van der Waals surface area contributed by atoms with Crippen LogP contribution in [-0.2, 0) is 0 Å². The van der Waals surface area contributed by atoms with Gasteiger partial charge in [0.15, 0.2) is 0 Å². The van der Waals surface area contributed by atoms with Crippen LogP contribution in [0.3, 0.4) is 0 Å². The zero-order valence-corrected chi connectivity index (χ0v) is 23.9. The van der Waals surface area contributed by atoms with Crippen molar-refractivity contribution < 1.29 is 0 Å². The molecule has 8 rings (SSSR count). The van der Waals surface area contributed by atoms with Crippen LogP contribution in [0, 0.1) is 22.7 Å². The standard InChI is InChI=1S/C38H20N2S2/c39-21-23-12-14-24(15-13-23)26-18-32(25-16-17-29-27-6-1-3-10-35(27)41-37(29)20-25)34(22-40)33(19-26)31-9-5-8-30-28-7-2-4-11-36(28)42-38(30)31/h1-20H. The van der Waals surface area contributed by atoms with Gasteiger partial charge in [0.25, 0.3) is 0 Å². The Bertz CT molecular complexity index is 2430. The maximum Gasteiger partial charge on any atom is 0.100 e. The van der Waals surface area contributed by atoms with E-state index >= 15 is 0 Å². The second-order valence-corrected chi connectivity index (χ2v) is 12.5. The summed E-state index contributed by atoms with van der Waals surface area (Å²) in [6.07, 6.45) is 0. The Morgan fingerprint density at radius 2 is 1.07 bits per heavy atom. The van der Waals surface area contributed by atoms with E-state index in [1.165, 1.54) is 40.3 Å². The van der Waals surface area contributed by atoms with Crippen molar-refractivity contribution in [2.24, 2.45) is 0 Å². The van der Waals surface area contributed by atoms with Crippen molar-refractivity contribution >= 4 is 63.0 Å². The highest BCUT2D eigenvalue weighted by molar-refractivity contribution is 7.26. The molecule has 0 unspecified atom stereocenters. The largest absolute Gasteiger partial charge is 0.192 e. The van der Waals surface area contributed by atoms with Gasteiger partial charge < -0.3 is 0 Å². The van der Waals surface area contributed by atoms with Gasteiger partial charge in [-0.1, -0.05) is 78.9 Å². The van der Waals surface area contributed by atoms with Gasteiger partial charge in [0.1, 0.15) is 6.07 Å². The van der Waals surface area contributed by atoms with E-state index in [0.717, 1.165) is 33.4 Å². The highest BCUT2D eigenvalue weighted by atomic mass is 32.1. The van der Waals surface area contributed by atoms with Crippen LogP contribution in [0.4, 0.5) is 0 Å². The first-order chi connectivity index (χ1) is 20.7. The monoisotopic (exact) mass is 568 g/mol. The zero-order chi connectivity index (χ0) is 28.2. The van der Waals surface area contributed by atoms with Crippen LogP contribution in [0.5, 0.6) is 0 Å². The average molecular weight is 569 g/mol. The number of thiophene rings is 2. The second kappa shape index (κ2) is 9.68. The minimum atomic E-state index is 0.623. The minimum Gasteiger partial charge on any atom is -0.192 e. The average Bonchev–Trinajstić information content (AvgIpc) is 3.62. The molecule has 2 heterocycles. The van der Waals surface area contributed by atoms with Gasteiger partial charge in [-0.05, 0) is 59.2 Å². The Morgan fingerprint density at radius 3 is 1.83 bits per heavy atom. The lowest BCUT2D eigenvalue weighted by Crippen LogP contribution is -1.93. The summed E-state index contributed by atoms with van der Waals surface area (Å²) in [5, 5.41) is 25.0. The summed E-state index contributed by atoms with van der Waals surface area (Å²) in [6, 6.07) is 46.7. The van der Waals surface area contributed by atoms with Crippen molar-refractivity contribution in [3.8, 4) is 45.5 Å². The van der Waals surface area contributed by atoms with Crippen LogP contribution < -0.4 is 0 Å². The second-order valence-electron chi connectivity index (χ2n) is 10.3. The molecular weight excluding hydrogens is 549 g/mol. The third-order valence-electron chi connectivity index (χ3n) is 7.98. The summed E-state index contributed by atoms with van der Waals surface area (Å²) in [6.45, 7) is 0. The van der Waals surface area contributed by atoms with Gasteiger partial charge in [0.2, 0.25) is 0 Å². The van der Waals surface area contributed by atoms with E-state index in [9.17, 15) is 10.5 Å². The number of nitrogens with zero attached hydrogens (tertiary/aromatic N) is 2. The topological polar surface area (TPSA) is 47.6 Å². The predicted molar refractivity (Wildman–Crippen MR) is 178 cm³/mol. The van der Waals surface area contributed by atoms with Crippen molar-refractivity contribution in [2.75, 3.05) is 0 Å². The highest BCUT2D eigenvalue weighted by Crippen LogP contribution is 2.45. The van der Waals surface area contributed by atoms with Crippen LogP contribution in [-0.4, -0.2) is 0 Å². The minimum absolute atomic E-state index is 0.623. The SMILES string of the molecule is N#Cc1ccc(-c2cc(-c3ccc4c(c3)sc3ccccc34)c(C#N)c(-c3cccc4c3sc3ccccc34)c2)cc1. The normalized spacial score (nSPS) is 11.3. The molecule has 2 aromatic heterocycles. The van der Waals surface area contributed by atoms with E-state index in [4.69, 9.17) is 0 Å². The molecule has 0 saturated carbocycles. The first-order valence-electron chi connectivity index (χ1n) is 13.6. The van der Waals surface area contributed by atoms with Gasteiger partial charge in [-0.25, -0.2) is 0 Å². The maximum atomic E-state index is 10.7. The van der Waals surface area contributed by atoms with Gasteiger partial charge in [-0.3, -0.25) is 0 Å². The van der Waals surface area contributed by atoms with E-state index in [2.05, 4.69) is 109 Å². The zero-order valence-electron chi connectivity index (χ0n) is 22.3. The number of hydrogen-bond acceptors (Lipinski definition) is 4. The fraction of sp³-hybridized carbons (Fsp3) is 0. The van der Waals surface area contributed by atoms with E-state index in [0.29, 0.717) is 11.1 Å². The molecule has 0 N–H and O–H groups in total. The highest BCUT2D eigenvalue weighted by Gasteiger charge is 2.19. The van der Waals surface area contributed by atoms with Crippen molar-refractivity contribution in [1.29, 1.82) is 10.5 Å². The summed E-state index contributed by atoms with van der Waals surface area (Å²) in [4.78, 5) is 0. The third kappa shape index (κ3) is 3.82. The molecule has 42 heavy (non-hydrogen) atoms. The summed E-state index contributed by atoms with van der Waals surface area (Å²) < 4.78 is 4.87. The van der Waals surface area contributed by atoms with E-state index in [1.54, 1.807) is 22.7 Å². The number of rotatable bonds is 3. The maximum absolute atomic E-state index is 10.7. The molecule has 0 saturated heterocycles. The van der Waals surface area contributed by atoms with Gasteiger partial charge in [0, 0.05) is 57.0 Å². The van der Waals surface area contributed by atoms with Gasteiger partial charge in [0.05, 0.1) is 17.2 Å². The lowest BCUT2D eigenvalue weighted by Gasteiger charge is -2.15. The number of hydrogen-bond donors (Lipinski definition) is 0. The summed E-state index contributed by atoms with van der Waals surface area (Å²) in [7, 11) is 0. The number of nitriles is 2. The Kier molecular flexibility index (Phi) is 5.66. The quantitative estimate of drug-likeness (QED) is 0.213. The Morgan fingerprint density at radius 1 is 0.429 bits per heavy atom. The van der Waals surface area contributed by atoms with Crippen LogP contribution in [0.1, 0.15) is 11.1 Å². The molecule has 0 bridgehead atoms. The molecular formula is C38H20N2S2. The van der Waals surface area contributed by atoms with Gasteiger partial charge in [-0.15, -0.1) is 22.7 Å². The molecule has 4 heteroatoms. The molecule has 6 aromatic carbocycles. The number of benzene rings is 6. The summed E-state index contributed by atoms with van der Waals surface area (Å²) in [5.74, 6) is 0. The fourth-order valence-corrected chi connectivity index (χ4v) is 8.33. The first kappa shape index (κ1) is 24.5. The molecule has 0 atom stereocenters.